The van der Waals surface area contributed by atoms with Crippen LogP contribution in [0.5, 0.6) is 0 Å². The van der Waals surface area contributed by atoms with Crippen LogP contribution in [0.15, 0.2) is 35.3 Å². The molecular weight excluding hydrogens is 236 g/mol. The van der Waals surface area contributed by atoms with Gasteiger partial charge in [-0.1, -0.05) is 12.1 Å². The molecule has 2 N–H and O–H groups in total. The number of benzene rings is 2. The second kappa shape index (κ2) is 4.28. The lowest BCUT2D eigenvalue weighted by atomic mass is 9.99. The van der Waals surface area contributed by atoms with Crippen LogP contribution >= 0.6 is 0 Å². The molecule has 0 unspecified atom stereocenters. The third-order valence-electron chi connectivity index (χ3n) is 2.90. The third kappa shape index (κ3) is 1.73. The fourth-order valence-electron chi connectivity index (χ4n) is 2.17. The van der Waals surface area contributed by atoms with Gasteiger partial charge in [0.1, 0.15) is 5.69 Å². The van der Waals surface area contributed by atoms with E-state index in [4.69, 9.17) is 0 Å². The number of rotatable bonds is 1. The second-order valence-corrected chi connectivity index (χ2v) is 3.90. The predicted octanol–water partition coefficient (Wildman–Crippen LogP) is -1.09. The number of hydrogen-bond acceptors (Lipinski definition) is 2. The van der Waals surface area contributed by atoms with E-state index in [1.54, 1.807) is 13.3 Å². The zero-order valence-corrected chi connectivity index (χ0v) is 10.0. The van der Waals surface area contributed by atoms with Gasteiger partial charge in [-0.3, -0.25) is 10.1 Å². The Labute approximate surface area is 105 Å². The molecule has 0 radical (unpaired) electrons. The first kappa shape index (κ1) is 11.8. The molecule has 1 aliphatic heterocycles. The molecule has 3 nitrogen and oxygen atoms in total. The molecule has 3 rings (SSSR count). The number of hydrogen-bond donors (Lipinski definition) is 1. The van der Waals surface area contributed by atoms with Crippen LogP contribution in [0, 0.1) is 0 Å². The Hall–Kier alpha value is -1.71. The second-order valence-electron chi connectivity index (χ2n) is 3.90. The Morgan fingerprint density at radius 3 is 2.82 bits per heavy atom. The van der Waals surface area contributed by atoms with Crippen LogP contribution in [0.2, 0.25) is 0 Å². The van der Waals surface area contributed by atoms with Crippen molar-refractivity contribution in [3.8, 4) is 0 Å². The molecule has 1 heterocycles. The quantitative estimate of drug-likeness (QED) is 0.505. The molecule has 0 saturated carbocycles. The van der Waals surface area contributed by atoms with E-state index in [2.05, 4.69) is 4.99 Å². The zero-order valence-electron chi connectivity index (χ0n) is 9.27. The first-order valence-electron chi connectivity index (χ1n) is 5.21. The molecule has 0 spiro atoms. The third-order valence-corrected chi connectivity index (χ3v) is 2.90. The minimum atomic E-state index is 0. The van der Waals surface area contributed by atoms with Gasteiger partial charge in [0.25, 0.3) is 0 Å². The molecule has 0 saturated heterocycles. The fourth-order valence-corrected chi connectivity index (χ4v) is 2.17. The van der Waals surface area contributed by atoms with Crippen molar-refractivity contribution < 1.29 is 22.5 Å². The van der Waals surface area contributed by atoms with Crippen molar-refractivity contribution >= 4 is 34.3 Å². The average Bonchev–Trinajstić information content (AvgIpc) is 2.30. The Balaban J connectivity index is 0.00000108. The van der Waals surface area contributed by atoms with Gasteiger partial charge in [0.05, 0.1) is 11.1 Å². The van der Waals surface area contributed by atoms with Crippen molar-refractivity contribution in [2.75, 3.05) is 0 Å². The molecule has 17 heavy (non-hydrogen) atoms. The molecular formula is C13H11ClN2O. The highest BCUT2D eigenvalue weighted by Gasteiger charge is 2.16. The number of quaternary nitrogens is 1. The summed E-state index contributed by atoms with van der Waals surface area (Å²) in [5.41, 5.74) is 2.84. The summed E-state index contributed by atoms with van der Waals surface area (Å²) >= 11 is 0. The Bertz CT molecular complexity index is 635. The van der Waals surface area contributed by atoms with Crippen LogP contribution in [-0.4, -0.2) is 12.1 Å². The van der Waals surface area contributed by atoms with Gasteiger partial charge in [0.2, 0.25) is 0 Å². The molecule has 2 aromatic carbocycles. The largest absolute Gasteiger partial charge is 1.00 e. The van der Waals surface area contributed by atoms with Crippen LogP contribution in [-0.2, 0) is 0 Å². The Kier molecular flexibility index (Phi) is 2.96. The van der Waals surface area contributed by atoms with E-state index >= 15 is 0 Å². The molecule has 0 aromatic heterocycles. The monoisotopic (exact) mass is 246 g/mol. The number of nitrogens with two attached hydrogens (primary N) is 1. The lowest BCUT2D eigenvalue weighted by Gasteiger charge is -2.11. The van der Waals surface area contributed by atoms with Crippen molar-refractivity contribution in [2.24, 2.45) is 4.99 Å². The van der Waals surface area contributed by atoms with Crippen molar-refractivity contribution in [2.45, 2.75) is 6.92 Å². The summed E-state index contributed by atoms with van der Waals surface area (Å²) in [5, 5.41) is 4.05. The van der Waals surface area contributed by atoms with E-state index < -0.39 is 0 Å². The summed E-state index contributed by atoms with van der Waals surface area (Å²) in [7, 11) is 0. The molecule has 0 aliphatic carbocycles. The van der Waals surface area contributed by atoms with Gasteiger partial charge < -0.3 is 12.4 Å². The summed E-state index contributed by atoms with van der Waals surface area (Å²) in [6.45, 7) is 1.60. The maximum absolute atomic E-state index is 11.5. The van der Waals surface area contributed by atoms with Crippen LogP contribution in [0.4, 0.5) is 11.4 Å². The molecule has 86 valence electrons. The number of carbonyl (C=O) groups is 1. The van der Waals surface area contributed by atoms with Gasteiger partial charge >= 0.3 is 0 Å². The first-order chi connectivity index (χ1) is 7.77. The number of ketones is 1. The predicted molar refractivity (Wildman–Crippen MR) is 63.7 cm³/mol. The SMILES string of the molecule is CC(=O)c1ccc2c3c(cccc13)N=C[NH2+]2.[Cl-]. The molecule has 4 heteroatoms. The van der Waals surface area contributed by atoms with Gasteiger partial charge in [-0.15, -0.1) is 0 Å². The standard InChI is InChI=1S/C13H10N2O.ClH/c1-8(16)9-5-6-12-13-10(9)3-2-4-11(13)14-7-15-12;/h2-7H,1H3,(H,14,15);1H. The van der Waals surface area contributed by atoms with Crippen molar-refractivity contribution in [3.05, 3.63) is 35.9 Å². The van der Waals surface area contributed by atoms with Crippen molar-refractivity contribution in [1.29, 1.82) is 0 Å². The number of nitrogens with zero attached hydrogens (tertiary/aromatic N) is 1. The van der Waals surface area contributed by atoms with Crippen molar-refractivity contribution in [1.82, 2.24) is 0 Å². The fraction of sp³-hybridized carbons (Fsp3) is 0.0769. The average molecular weight is 247 g/mol. The summed E-state index contributed by atoms with van der Waals surface area (Å²) in [6, 6.07) is 9.76. The number of halogens is 1. The van der Waals surface area contributed by atoms with E-state index in [0.717, 1.165) is 27.7 Å². The summed E-state index contributed by atoms with van der Waals surface area (Å²) in [4.78, 5) is 15.9. The van der Waals surface area contributed by atoms with Crippen LogP contribution in [0.25, 0.3) is 10.8 Å². The maximum Gasteiger partial charge on any atom is 0.192 e. The normalized spacial score (nSPS) is 12.3. The molecule has 0 bridgehead atoms. The first-order valence-corrected chi connectivity index (χ1v) is 5.21. The highest BCUT2D eigenvalue weighted by Crippen LogP contribution is 2.33. The van der Waals surface area contributed by atoms with E-state index in [1.807, 2.05) is 35.6 Å². The number of aliphatic imine (C=N–C) groups is 1. The van der Waals surface area contributed by atoms with E-state index in [-0.39, 0.29) is 18.2 Å². The van der Waals surface area contributed by atoms with Crippen LogP contribution < -0.4 is 17.7 Å². The Morgan fingerprint density at radius 2 is 2.06 bits per heavy atom. The van der Waals surface area contributed by atoms with Crippen molar-refractivity contribution in [3.63, 3.8) is 0 Å². The van der Waals surface area contributed by atoms with E-state index in [9.17, 15) is 4.79 Å². The minimum absolute atomic E-state index is 0. The molecule has 2 aromatic rings. The topological polar surface area (TPSA) is 46.0 Å². The molecule has 0 fully saturated rings. The highest BCUT2D eigenvalue weighted by molar-refractivity contribution is 6.13. The smallest absolute Gasteiger partial charge is 0.192 e. The van der Waals surface area contributed by atoms with Gasteiger partial charge in [-0.2, -0.15) is 0 Å². The van der Waals surface area contributed by atoms with Crippen LogP contribution in [0.1, 0.15) is 17.3 Å². The highest BCUT2D eigenvalue weighted by atomic mass is 35.5. The maximum atomic E-state index is 11.5. The van der Waals surface area contributed by atoms with Crippen LogP contribution in [0.3, 0.4) is 0 Å². The number of Topliss-reactive ketones (excluding diaryl/α,β-unsaturated/α-hetero) is 1. The van der Waals surface area contributed by atoms with E-state index in [1.165, 1.54) is 0 Å². The van der Waals surface area contributed by atoms with Gasteiger partial charge in [-0.25, -0.2) is 4.99 Å². The summed E-state index contributed by atoms with van der Waals surface area (Å²) < 4.78 is 0. The summed E-state index contributed by atoms with van der Waals surface area (Å²) in [6.07, 6.45) is 1.80. The lowest BCUT2D eigenvalue weighted by molar-refractivity contribution is -0.431. The van der Waals surface area contributed by atoms with Gasteiger partial charge in [-0.05, 0) is 19.1 Å². The van der Waals surface area contributed by atoms with Gasteiger partial charge in [0, 0.05) is 17.0 Å². The van der Waals surface area contributed by atoms with E-state index in [0.29, 0.717) is 0 Å². The lowest BCUT2D eigenvalue weighted by Crippen LogP contribution is -3.00. The summed E-state index contributed by atoms with van der Waals surface area (Å²) in [5.74, 6) is 0.0956. The minimum Gasteiger partial charge on any atom is -1.00 e. The van der Waals surface area contributed by atoms with Gasteiger partial charge in [0.15, 0.2) is 12.1 Å². The number of carbonyl (C=O) groups excluding carboxylic acids is 1. The Morgan fingerprint density at radius 1 is 1.24 bits per heavy atom. The zero-order chi connectivity index (χ0) is 11.1. The molecule has 1 aliphatic rings. The molecule has 0 amide bonds. The molecule has 0 atom stereocenters.